The largest absolute Gasteiger partial charge is 0.373 e. The molecule has 0 aliphatic heterocycles. The highest BCUT2D eigenvalue weighted by atomic mass is 15.1. The van der Waals surface area contributed by atoms with E-state index in [4.69, 9.17) is 5.73 Å². The number of rotatable bonds is 5. The van der Waals surface area contributed by atoms with Gasteiger partial charge in [-0.05, 0) is 31.2 Å². The third-order valence-electron chi connectivity index (χ3n) is 3.11. The number of likely N-dealkylation sites (N-methyl/N-ethyl adjacent to an activating group) is 1. The van der Waals surface area contributed by atoms with Gasteiger partial charge in [-0.25, -0.2) is 0 Å². The van der Waals surface area contributed by atoms with E-state index in [0.29, 0.717) is 0 Å². The van der Waals surface area contributed by atoms with Crippen molar-refractivity contribution < 1.29 is 0 Å². The van der Waals surface area contributed by atoms with Crippen LogP contribution in [0.15, 0.2) is 42.7 Å². The van der Waals surface area contributed by atoms with Gasteiger partial charge in [0, 0.05) is 37.9 Å². The highest BCUT2D eigenvalue weighted by molar-refractivity contribution is 5.43. The van der Waals surface area contributed by atoms with E-state index >= 15 is 0 Å². The number of nitrogens with two attached hydrogens (primary N) is 1. The number of pyridine rings is 2. The van der Waals surface area contributed by atoms with Gasteiger partial charge in [0.2, 0.25) is 0 Å². The van der Waals surface area contributed by atoms with E-state index in [0.717, 1.165) is 30.0 Å². The molecule has 4 heteroatoms. The van der Waals surface area contributed by atoms with Crippen molar-refractivity contribution in [2.75, 3.05) is 18.5 Å². The van der Waals surface area contributed by atoms with E-state index in [9.17, 15) is 0 Å². The molecule has 0 amide bonds. The van der Waals surface area contributed by atoms with E-state index < -0.39 is 0 Å². The van der Waals surface area contributed by atoms with E-state index in [2.05, 4.69) is 28.0 Å². The van der Waals surface area contributed by atoms with E-state index in [-0.39, 0.29) is 6.04 Å². The zero-order valence-corrected chi connectivity index (χ0v) is 11.5. The van der Waals surface area contributed by atoms with Gasteiger partial charge in [0.15, 0.2) is 0 Å². The summed E-state index contributed by atoms with van der Waals surface area (Å²) in [5.74, 6) is 0. The zero-order chi connectivity index (χ0) is 13.7. The average molecular weight is 256 g/mol. The highest BCUT2D eigenvalue weighted by Gasteiger charge is 2.04. The number of aromatic nitrogens is 2. The van der Waals surface area contributed by atoms with E-state index in [1.807, 2.05) is 43.6 Å². The molecule has 0 spiro atoms. The minimum atomic E-state index is -0.0205. The summed E-state index contributed by atoms with van der Waals surface area (Å²) in [7, 11) is 2.06. The Bertz CT molecular complexity index is 493. The topological polar surface area (TPSA) is 55.0 Å². The van der Waals surface area contributed by atoms with Gasteiger partial charge >= 0.3 is 0 Å². The molecule has 0 radical (unpaired) electrons. The van der Waals surface area contributed by atoms with Gasteiger partial charge in [0.1, 0.15) is 0 Å². The van der Waals surface area contributed by atoms with Crippen molar-refractivity contribution in [1.82, 2.24) is 9.97 Å². The lowest BCUT2D eigenvalue weighted by Crippen LogP contribution is -2.21. The lowest BCUT2D eigenvalue weighted by Gasteiger charge is -2.19. The number of anilines is 1. The Hall–Kier alpha value is -1.94. The summed E-state index contributed by atoms with van der Waals surface area (Å²) in [5.41, 5.74) is 8.91. The van der Waals surface area contributed by atoms with Crippen molar-refractivity contribution in [2.45, 2.75) is 19.4 Å². The molecule has 2 aromatic rings. The van der Waals surface area contributed by atoms with Crippen molar-refractivity contribution in [3.8, 4) is 0 Å². The van der Waals surface area contributed by atoms with Crippen LogP contribution in [0, 0.1) is 0 Å². The Labute approximate surface area is 114 Å². The van der Waals surface area contributed by atoms with Crippen LogP contribution in [0.1, 0.15) is 24.4 Å². The van der Waals surface area contributed by atoms with Gasteiger partial charge in [-0.1, -0.05) is 6.07 Å². The molecule has 2 aromatic heterocycles. The molecule has 1 unspecified atom stereocenters. The molecule has 19 heavy (non-hydrogen) atoms. The number of nitrogens with zero attached hydrogens (tertiary/aromatic N) is 3. The van der Waals surface area contributed by atoms with Crippen LogP contribution in [0.3, 0.4) is 0 Å². The molecule has 0 saturated heterocycles. The van der Waals surface area contributed by atoms with Gasteiger partial charge in [-0.15, -0.1) is 0 Å². The van der Waals surface area contributed by atoms with Crippen molar-refractivity contribution in [1.29, 1.82) is 0 Å². The molecule has 2 rings (SSSR count). The first-order chi connectivity index (χ1) is 9.16. The second-order valence-electron chi connectivity index (χ2n) is 4.72. The lowest BCUT2D eigenvalue weighted by atomic mass is 10.2. The maximum atomic E-state index is 5.79. The maximum Gasteiger partial charge on any atom is 0.0569 e. The monoisotopic (exact) mass is 256 g/mol. The lowest BCUT2D eigenvalue weighted by molar-refractivity contribution is 0.777. The number of hydrogen-bond donors (Lipinski definition) is 1. The first kappa shape index (κ1) is 13.5. The van der Waals surface area contributed by atoms with Crippen LogP contribution in [0.2, 0.25) is 0 Å². The molecule has 2 N–H and O–H groups in total. The average Bonchev–Trinajstić information content (AvgIpc) is 2.46. The molecule has 100 valence electrons. The molecule has 4 nitrogen and oxygen atoms in total. The molecule has 0 aromatic carbocycles. The minimum Gasteiger partial charge on any atom is -0.373 e. The third-order valence-corrected chi connectivity index (χ3v) is 3.11. The summed E-state index contributed by atoms with van der Waals surface area (Å²) in [6, 6.07) is 10.0. The van der Waals surface area contributed by atoms with Crippen molar-refractivity contribution in [2.24, 2.45) is 5.73 Å². The minimum absolute atomic E-state index is 0.0205. The van der Waals surface area contributed by atoms with Crippen LogP contribution in [-0.4, -0.2) is 23.6 Å². The van der Waals surface area contributed by atoms with Crippen molar-refractivity contribution >= 4 is 5.69 Å². The predicted octanol–water partition coefficient (Wildman–Crippen LogP) is 2.18. The normalized spacial score (nSPS) is 12.2. The van der Waals surface area contributed by atoms with Gasteiger partial charge < -0.3 is 10.6 Å². The van der Waals surface area contributed by atoms with E-state index in [1.165, 1.54) is 0 Å². The quantitative estimate of drug-likeness (QED) is 0.891. The molecule has 1 atom stereocenters. The standard InChI is InChI=1S/C15H20N4/c1-12(16)15-7-6-14(11-18-15)19(2)10-8-13-5-3-4-9-17-13/h3-7,9,11-12H,8,10,16H2,1-2H3. The highest BCUT2D eigenvalue weighted by Crippen LogP contribution is 2.14. The van der Waals surface area contributed by atoms with Crippen LogP contribution in [0.5, 0.6) is 0 Å². The molecule has 0 saturated carbocycles. The van der Waals surface area contributed by atoms with Crippen LogP contribution in [0.4, 0.5) is 5.69 Å². The Balaban J connectivity index is 1.94. The summed E-state index contributed by atoms with van der Waals surface area (Å²) >= 11 is 0. The summed E-state index contributed by atoms with van der Waals surface area (Å²) in [4.78, 5) is 10.9. The molecular formula is C15H20N4. The van der Waals surface area contributed by atoms with Gasteiger partial charge in [0.05, 0.1) is 17.6 Å². The van der Waals surface area contributed by atoms with Crippen molar-refractivity contribution in [3.63, 3.8) is 0 Å². The molecule has 2 heterocycles. The first-order valence-corrected chi connectivity index (χ1v) is 6.49. The van der Waals surface area contributed by atoms with Gasteiger partial charge in [0.25, 0.3) is 0 Å². The molecule has 0 aliphatic rings. The fourth-order valence-corrected chi connectivity index (χ4v) is 1.85. The first-order valence-electron chi connectivity index (χ1n) is 6.49. The van der Waals surface area contributed by atoms with Crippen molar-refractivity contribution in [3.05, 3.63) is 54.1 Å². The number of hydrogen-bond acceptors (Lipinski definition) is 4. The smallest absolute Gasteiger partial charge is 0.0569 e. The molecule has 0 aliphatic carbocycles. The maximum absolute atomic E-state index is 5.79. The van der Waals surface area contributed by atoms with Crippen LogP contribution < -0.4 is 10.6 Å². The Morgan fingerprint density at radius 2 is 2.05 bits per heavy atom. The second kappa shape index (κ2) is 6.29. The van der Waals surface area contributed by atoms with Crippen LogP contribution in [-0.2, 0) is 6.42 Å². The Kier molecular flexibility index (Phi) is 4.47. The zero-order valence-electron chi connectivity index (χ0n) is 11.5. The molecular weight excluding hydrogens is 236 g/mol. The van der Waals surface area contributed by atoms with E-state index in [1.54, 1.807) is 0 Å². The van der Waals surface area contributed by atoms with Gasteiger partial charge in [-0.3, -0.25) is 9.97 Å². The fraction of sp³-hybridized carbons (Fsp3) is 0.333. The summed E-state index contributed by atoms with van der Waals surface area (Å²) in [5, 5.41) is 0. The third kappa shape index (κ3) is 3.76. The summed E-state index contributed by atoms with van der Waals surface area (Å²) < 4.78 is 0. The summed E-state index contributed by atoms with van der Waals surface area (Å²) in [6.07, 6.45) is 4.62. The summed E-state index contributed by atoms with van der Waals surface area (Å²) in [6.45, 7) is 2.85. The predicted molar refractivity (Wildman–Crippen MR) is 78.1 cm³/mol. The Morgan fingerprint density at radius 1 is 1.21 bits per heavy atom. The molecule has 0 bridgehead atoms. The molecule has 0 fully saturated rings. The van der Waals surface area contributed by atoms with Crippen LogP contribution >= 0.6 is 0 Å². The fourth-order valence-electron chi connectivity index (χ4n) is 1.85. The second-order valence-corrected chi connectivity index (χ2v) is 4.72. The van der Waals surface area contributed by atoms with Gasteiger partial charge in [-0.2, -0.15) is 0 Å². The Morgan fingerprint density at radius 3 is 2.63 bits per heavy atom. The SMILES string of the molecule is CC(N)c1ccc(N(C)CCc2ccccn2)cn1. The van der Waals surface area contributed by atoms with Crippen LogP contribution in [0.25, 0.3) is 0 Å².